The van der Waals surface area contributed by atoms with E-state index in [9.17, 15) is 14.9 Å². The van der Waals surface area contributed by atoms with Crippen molar-refractivity contribution in [3.63, 3.8) is 0 Å². The number of hydrogen-bond donors (Lipinski definition) is 0. The van der Waals surface area contributed by atoms with E-state index < -0.39 is 10.9 Å². The van der Waals surface area contributed by atoms with Crippen molar-refractivity contribution in [2.24, 2.45) is 0 Å². The van der Waals surface area contributed by atoms with Gasteiger partial charge in [-0.05, 0) is 12.5 Å². The van der Waals surface area contributed by atoms with E-state index in [4.69, 9.17) is 4.74 Å². The van der Waals surface area contributed by atoms with Crippen molar-refractivity contribution in [2.45, 2.75) is 19.8 Å². The lowest BCUT2D eigenvalue weighted by atomic mass is 10.4. The summed E-state index contributed by atoms with van der Waals surface area (Å²) in [5.41, 5.74) is 0. The van der Waals surface area contributed by atoms with E-state index in [1.165, 1.54) is 6.08 Å². The van der Waals surface area contributed by atoms with Gasteiger partial charge in [0.25, 0.3) is 0 Å². The van der Waals surface area contributed by atoms with Gasteiger partial charge in [-0.1, -0.05) is 13.3 Å². The lowest BCUT2D eigenvalue weighted by molar-refractivity contribution is -0.468. The topological polar surface area (TPSA) is 69.4 Å². The molecule has 0 aromatic rings. The largest absolute Gasteiger partial charge is 0.463 e. The second kappa shape index (κ2) is 7.27. The van der Waals surface area contributed by atoms with E-state index in [1.807, 2.05) is 6.92 Å². The minimum absolute atomic E-state index is 0.344. The van der Waals surface area contributed by atoms with Crippen molar-refractivity contribution in [2.75, 3.05) is 13.2 Å². The maximum Gasteiger partial charge on any atom is 0.330 e. The number of carbonyl (C=O) groups excluding carboxylic acids is 1. The number of hydrogen-bond acceptors (Lipinski definition) is 4. The first-order valence-electron chi connectivity index (χ1n) is 4.12. The van der Waals surface area contributed by atoms with Crippen LogP contribution in [-0.2, 0) is 9.53 Å². The van der Waals surface area contributed by atoms with Gasteiger partial charge in [0.05, 0.1) is 6.61 Å². The van der Waals surface area contributed by atoms with Crippen LogP contribution in [0.4, 0.5) is 0 Å². The zero-order valence-corrected chi connectivity index (χ0v) is 7.56. The van der Waals surface area contributed by atoms with E-state index in [2.05, 4.69) is 0 Å². The molecule has 0 saturated carbocycles. The molecule has 0 aromatic carbocycles. The van der Waals surface area contributed by atoms with E-state index in [0.29, 0.717) is 6.61 Å². The van der Waals surface area contributed by atoms with E-state index in [1.54, 1.807) is 0 Å². The summed E-state index contributed by atoms with van der Waals surface area (Å²) in [7, 11) is 0. The van der Waals surface area contributed by atoms with Crippen molar-refractivity contribution >= 4 is 5.97 Å². The zero-order chi connectivity index (χ0) is 10.1. The molecule has 0 unspecified atom stereocenters. The summed E-state index contributed by atoms with van der Waals surface area (Å²) in [5.74, 6) is -0.518. The summed E-state index contributed by atoms with van der Waals surface area (Å²) in [6, 6.07) is 0. The molecule has 0 aliphatic carbocycles. The first kappa shape index (κ1) is 11.6. The van der Waals surface area contributed by atoms with Gasteiger partial charge in [0, 0.05) is 11.0 Å². The Labute approximate surface area is 76.5 Å². The molecule has 5 heteroatoms. The fourth-order valence-corrected chi connectivity index (χ4v) is 0.600. The van der Waals surface area contributed by atoms with Gasteiger partial charge in [0.2, 0.25) is 6.54 Å². The van der Waals surface area contributed by atoms with Crippen LogP contribution in [0.2, 0.25) is 0 Å². The molecule has 5 nitrogen and oxygen atoms in total. The Balaban J connectivity index is 3.49. The third-order valence-electron chi connectivity index (χ3n) is 1.25. The van der Waals surface area contributed by atoms with Crippen molar-refractivity contribution in [1.82, 2.24) is 0 Å². The molecule has 13 heavy (non-hydrogen) atoms. The van der Waals surface area contributed by atoms with Crippen LogP contribution < -0.4 is 0 Å². The number of esters is 1. The lowest BCUT2D eigenvalue weighted by Crippen LogP contribution is -2.03. The Hall–Kier alpha value is -1.39. The SMILES string of the molecule is CCCCOC(=O)C=CC[N+](=O)[O-]. The third kappa shape index (κ3) is 8.52. The highest BCUT2D eigenvalue weighted by atomic mass is 16.6. The molecule has 0 bridgehead atoms. The van der Waals surface area contributed by atoms with Gasteiger partial charge < -0.3 is 4.74 Å². The minimum Gasteiger partial charge on any atom is -0.463 e. The molecule has 0 fully saturated rings. The first-order chi connectivity index (χ1) is 6.16. The van der Waals surface area contributed by atoms with Gasteiger partial charge in [-0.15, -0.1) is 0 Å². The number of carbonyl (C=O) groups is 1. The Morgan fingerprint density at radius 1 is 1.62 bits per heavy atom. The van der Waals surface area contributed by atoms with Crippen LogP contribution in [-0.4, -0.2) is 24.0 Å². The van der Waals surface area contributed by atoms with Crippen LogP contribution in [0.5, 0.6) is 0 Å². The fourth-order valence-electron chi connectivity index (χ4n) is 0.600. The maximum atomic E-state index is 10.8. The predicted octanol–water partition coefficient (Wildman–Crippen LogP) is 1.16. The molecular formula is C8H13NO4. The number of rotatable bonds is 6. The average Bonchev–Trinajstić information content (AvgIpc) is 2.04. The molecule has 0 saturated heterocycles. The van der Waals surface area contributed by atoms with Crippen LogP contribution in [0.1, 0.15) is 19.8 Å². The van der Waals surface area contributed by atoms with Crippen molar-refractivity contribution < 1.29 is 14.5 Å². The van der Waals surface area contributed by atoms with Crippen molar-refractivity contribution in [3.05, 3.63) is 22.3 Å². The Bertz CT molecular complexity index is 200. The monoisotopic (exact) mass is 187 g/mol. The molecule has 0 amide bonds. The number of unbranched alkanes of at least 4 members (excludes halogenated alkanes) is 1. The first-order valence-corrected chi connectivity index (χ1v) is 4.12. The van der Waals surface area contributed by atoms with Crippen LogP contribution in [0.25, 0.3) is 0 Å². The second-order valence-electron chi connectivity index (χ2n) is 2.44. The van der Waals surface area contributed by atoms with E-state index in [-0.39, 0.29) is 6.54 Å². The molecule has 0 aliphatic heterocycles. The molecule has 0 spiro atoms. The van der Waals surface area contributed by atoms with E-state index >= 15 is 0 Å². The molecule has 0 radical (unpaired) electrons. The van der Waals surface area contributed by atoms with Gasteiger partial charge in [-0.3, -0.25) is 10.1 Å². The number of nitrogens with zero attached hydrogens (tertiary/aromatic N) is 1. The van der Waals surface area contributed by atoms with E-state index in [0.717, 1.165) is 18.9 Å². The summed E-state index contributed by atoms with van der Waals surface area (Å²) >= 11 is 0. The Morgan fingerprint density at radius 2 is 2.31 bits per heavy atom. The minimum atomic E-state index is -0.518. The molecule has 0 aromatic heterocycles. The highest BCUT2D eigenvalue weighted by Crippen LogP contribution is 1.89. The summed E-state index contributed by atoms with van der Waals surface area (Å²) in [6.07, 6.45) is 4.02. The molecular weight excluding hydrogens is 174 g/mol. The molecule has 0 heterocycles. The molecule has 0 atom stereocenters. The fraction of sp³-hybridized carbons (Fsp3) is 0.625. The molecule has 0 aliphatic rings. The molecule has 74 valence electrons. The summed E-state index contributed by atoms with van der Waals surface area (Å²) in [5, 5.41) is 9.84. The molecule has 0 rings (SSSR count). The van der Waals surface area contributed by atoms with Gasteiger partial charge in [-0.25, -0.2) is 4.79 Å². The molecule has 0 N–H and O–H groups in total. The quantitative estimate of drug-likeness (QED) is 0.206. The lowest BCUT2D eigenvalue weighted by Gasteiger charge is -1.97. The second-order valence-corrected chi connectivity index (χ2v) is 2.44. The number of ether oxygens (including phenoxy) is 1. The summed E-state index contributed by atoms with van der Waals surface area (Å²) in [4.78, 5) is 20.1. The van der Waals surface area contributed by atoms with Crippen LogP contribution in [0.3, 0.4) is 0 Å². The average molecular weight is 187 g/mol. The van der Waals surface area contributed by atoms with Gasteiger partial charge in [-0.2, -0.15) is 0 Å². The summed E-state index contributed by atoms with van der Waals surface area (Å²) < 4.78 is 4.72. The Kier molecular flexibility index (Phi) is 6.49. The van der Waals surface area contributed by atoms with Crippen molar-refractivity contribution in [3.8, 4) is 0 Å². The number of nitro groups is 1. The van der Waals surface area contributed by atoms with Crippen LogP contribution in [0, 0.1) is 10.1 Å². The zero-order valence-electron chi connectivity index (χ0n) is 7.56. The smallest absolute Gasteiger partial charge is 0.330 e. The van der Waals surface area contributed by atoms with Gasteiger partial charge in [0.15, 0.2) is 0 Å². The van der Waals surface area contributed by atoms with Crippen molar-refractivity contribution in [1.29, 1.82) is 0 Å². The Morgan fingerprint density at radius 3 is 2.85 bits per heavy atom. The standard InChI is InChI=1S/C8H13NO4/c1-2-3-7-13-8(10)5-4-6-9(11)12/h4-5H,2-3,6-7H2,1H3. The highest BCUT2D eigenvalue weighted by molar-refractivity contribution is 5.81. The summed E-state index contributed by atoms with van der Waals surface area (Å²) in [6.45, 7) is 2.01. The van der Waals surface area contributed by atoms with Gasteiger partial charge >= 0.3 is 5.97 Å². The van der Waals surface area contributed by atoms with Crippen LogP contribution in [0.15, 0.2) is 12.2 Å². The highest BCUT2D eigenvalue weighted by Gasteiger charge is 1.96. The predicted molar refractivity (Wildman–Crippen MR) is 46.9 cm³/mol. The van der Waals surface area contributed by atoms with Gasteiger partial charge in [0.1, 0.15) is 0 Å². The normalized spacial score (nSPS) is 10.2. The maximum absolute atomic E-state index is 10.8. The van der Waals surface area contributed by atoms with Crippen LogP contribution >= 0.6 is 0 Å². The third-order valence-corrected chi connectivity index (χ3v) is 1.25.